The van der Waals surface area contributed by atoms with Crippen molar-refractivity contribution in [1.82, 2.24) is 0 Å². The van der Waals surface area contributed by atoms with Gasteiger partial charge in [0.1, 0.15) is 11.9 Å². The number of ether oxygens (including phenoxy) is 1. The molecule has 1 atom stereocenters. The Morgan fingerprint density at radius 3 is 2.52 bits per heavy atom. The van der Waals surface area contributed by atoms with Crippen molar-refractivity contribution < 1.29 is 13.2 Å². The van der Waals surface area contributed by atoms with Crippen LogP contribution in [0.2, 0.25) is 0 Å². The molecule has 3 rings (SSSR count). The van der Waals surface area contributed by atoms with Gasteiger partial charge < -0.3 is 10.5 Å². The maximum absolute atomic E-state index is 12.8. The Balaban J connectivity index is 2.09. The molecular formula is C15H16N2O3S. The highest BCUT2D eigenvalue weighted by Crippen LogP contribution is 2.36. The summed E-state index contributed by atoms with van der Waals surface area (Å²) in [6.07, 6.45) is -0.205. The van der Waals surface area contributed by atoms with Gasteiger partial charge in [-0.15, -0.1) is 0 Å². The lowest BCUT2D eigenvalue weighted by molar-refractivity contribution is 0.219. The molecule has 0 saturated carbocycles. The number of anilines is 2. The number of rotatable bonds is 2. The Morgan fingerprint density at radius 2 is 1.81 bits per heavy atom. The highest BCUT2D eigenvalue weighted by atomic mass is 32.2. The molecule has 0 saturated heterocycles. The summed E-state index contributed by atoms with van der Waals surface area (Å²) in [5.41, 5.74) is 6.71. The Hall–Kier alpha value is -2.21. The Morgan fingerprint density at radius 1 is 1.14 bits per heavy atom. The minimum Gasteiger partial charge on any atom is -0.487 e. The summed E-state index contributed by atoms with van der Waals surface area (Å²) < 4.78 is 32.7. The van der Waals surface area contributed by atoms with E-state index in [-0.39, 0.29) is 17.5 Å². The van der Waals surface area contributed by atoms with Crippen molar-refractivity contribution in [3.63, 3.8) is 0 Å². The van der Waals surface area contributed by atoms with Crippen LogP contribution in [0.5, 0.6) is 5.75 Å². The Labute approximate surface area is 124 Å². The molecule has 2 aromatic rings. The number of hydrogen-bond acceptors (Lipinski definition) is 4. The van der Waals surface area contributed by atoms with E-state index in [0.717, 1.165) is 0 Å². The van der Waals surface area contributed by atoms with Crippen LogP contribution in [0.15, 0.2) is 53.4 Å². The minimum absolute atomic E-state index is 0.205. The number of para-hydroxylation sites is 2. The van der Waals surface area contributed by atoms with E-state index in [1.54, 1.807) is 30.3 Å². The molecule has 2 N–H and O–H groups in total. The maximum atomic E-state index is 12.8. The molecule has 0 radical (unpaired) electrons. The normalized spacial score (nSPS) is 18.0. The van der Waals surface area contributed by atoms with Gasteiger partial charge in [-0.05, 0) is 43.3 Å². The van der Waals surface area contributed by atoms with Gasteiger partial charge in [-0.2, -0.15) is 0 Å². The average Bonchev–Trinajstić information content (AvgIpc) is 2.46. The van der Waals surface area contributed by atoms with Crippen LogP contribution in [0.4, 0.5) is 11.4 Å². The van der Waals surface area contributed by atoms with Crippen LogP contribution in [-0.4, -0.2) is 21.1 Å². The van der Waals surface area contributed by atoms with Crippen LogP contribution in [0, 0.1) is 0 Å². The largest absolute Gasteiger partial charge is 0.487 e. The van der Waals surface area contributed by atoms with Crippen molar-refractivity contribution >= 4 is 21.4 Å². The highest BCUT2D eigenvalue weighted by Gasteiger charge is 2.32. The minimum atomic E-state index is -3.63. The lowest BCUT2D eigenvalue weighted by atomic mass is 10.2. The van der Waals surface area contributed by atoms with Gasteiger partial charge >= 0.3 is 0 Å². The number of nitrogens with zero attached hydrogens (tertiary/aromatic N) is 1. The van der Waals surface area contributed by atoms with Gasteiger partial charge in [-0.3, -0.25) is 4.31 Å². The first-order chi connectivity index (χ1) is 9.98. The van der Waals surface area contributed by atoms with Crippen molar-refractivity contribution in [3.05, 3.63) is 48.5 Å². The van der Waals surface area contributed by atoms with Gasteiger partial charge in [0.15, 0.2) is 0 Å². The summed E-state index contributed by atoms with van der Waals surface area (Å²) in [6, 6.07) is 13.4. The zero-order valence-corrected chi connectivity index (χ0v) is 12.4. The summed E-state index contributed by atoms with van der Waals surface area (Å²) in [7, 11) is -3.63. The summed E-state index contributed by atoms with van der Waals surface area (Å²) in [6.45, 7) is 2.13. The average molecular weight is 304 g/mol. The van der Waals surface area contributed by atoms with E-state index in [1.165, 1.54) is 16.4 Å². The molecule has 5 nitrogen and oxygen atoms in total. The molecule has 2 aromatic carbocycles. The van der Waals surface area contributed by atoms with E-state index in [1.807, 2.05) is 13.0 Å². The van der Waals surface area contributed by atoms with Crippen molar-refractivity contribution in [2.24, 2.45) is 0 Å². The first-order valence-electron chi connectivity index (χ1n) is 6.62. The maximum Gasteiger partial charge on any atom is 0.264 e. The fraction of sp³-hybridized carbons (Fsp3) is 0.200. The smallest absolute Gasteiger partial charge is 0.264 e. The van der Waals surface area contributed by atoms with Crippen LogP contribution in [-0.2, 0) is 10.0 Å². The summed E-state index contributed by atoms with van der Waals surface area (Å²) in [5, 5.41) is 0. The van der Waals surface area contributed by atoms with Gasteiger partial charge in [-0.25, -0.2) is 8.42 Å². The topological polar surface area (TPSA) is 72.6 Å². The van der Waals surface area contributed by atoms with Gasteiger partial charge in [0.2, 0.25) is 0 Å². The molecule has 0 unspecified atom stereocenters. The second kappa shape index (κ2) is 4.96. The van der Waals surface area contributed by atoms with Gasteiger partial charge in [0.05, 0.1) is 17.1 Å². The summed E-state index contributed by atoms with van der Waals surface area (Å²) in [4.78, 5) is 0.223. The predicted octanol–water partition coefficient (Wildman–Crippen LogP) is 2.25. The molecule has 110 valence electrons. The molecule has 0 aliphatic carbocycles. The fourth-order valence-corrected chi connectivity index (χ4v) is 3.89. The zero-order valence-electron chi connectivity index (χ0n) is 11.6. The van der Waals surface area contributed by atoms with Crippen LogP contribution < -0.4 is 14.8 Å². The monoisotopic (exact) mass is 304 g/mol. The SMILES string of the molecule is C[C@H]1CN(S(=O)(=O)c2ccc(N)cc2)c2ccccc2O1. The van der Waals surface area contributed by atoms with E-state index < -0.39 is 10.0 Å². The van der Waals surface area contributed by atoms with E-state index in [9.17, 15) is 8.42 Å². The van der Waals surface area contributed by atoms with Crippen molar-refractivity contribution in [1.29, 1.82) is 0 Å². The molecule has 0 bridgehead atoms. The molecular weight excluding hydrogens is 288 g/mol. The van der Waals surface area contributed by atoms with E-state index in [2.05, 4.69) is 0 Å². The van der Waals surface area contributed by atoms with E-state index >= 15 is 0 Å². The first kappa shape index (κ1) is 13.8. The van der Waals surface area contributed by atoms with Gasteiger partial charge in [-0.1, -0.05) is 12.1 Å². The second-order valence-corrected chi connectivity index (χ2v) is 6.86. The number of fused-ring (bicyclic) bond motifs is 1. The van der Waals surface area contributed by atoms with Gasteiger partial charge in [0, 0.05) is 5.69 Å². The molecule has 1 heterocycles. The third-order valence-electron chi connectivity index (χ3n) is 3.35. The van der Waals surface area contributed by atoms with Gasteiger partial charge in [0.25, 0.3) is 10.0 Å². The van der Waals surface area contributed by atoms with E-state index in [4.69, 9.17) is 10.5 Å². The number of nitrogen functional groups attached to an aromatic ring is 1. The van der Waals surface area contributed by atoms with Crippen LogP contribution in [0.1, 0.15) is 6.92 Å². The molecule has 21 heavy (non-hydrogen) atoms. The second-order valence-electron chi connectivity index (χ2n) is 5.00. The number of nitrogens with two attached hydrogens (primary N) is 1. The molecule has 0 spiro atoms. The lowest BCUT2D eigenvalue weighted by Gasteiger charge is -2.34. The van der Waals surface area contributed by atoms with Crippen molar-refractivity contribution in [3.8, 4) is 5.75 Å². The number of hydrogen-bond donors (Lipinski definition) is 1. The van der Waals surface area contributed by atoms with Crippen LogP contribution >= 0.6 is 0 Å². The quantitative estimate of drug-likeness (QED) is 0.864. The third kappa shape index (κ3) is 2.42. The van der Waals surface area contributed by atoms with Crippen LogP contribution in [0.25, 0.3) is 0 Å². The van der Waals surface area contributed by atoms with E-state index in [0.29, 0.717) is 17.1 Å². The Bertz CT molecular complexity index is 757. The van der Waals surface area contributed by atoms with Crippen LogP contribution in [0.3, 0.4) is 0 Å². The summed E-state index contributed by atoms with van der Waals surface area (Å²) >= 11 is 0. The fourth-order valence-electron chi connectivity index (χ4n) is 2.34. The predicted molar refractivity (Wildman–Crippen MR) is 81.9 cm³/mol. The number of benzene rings is 2. The lowest BCUT2D eigenvalue weighted by Crippen LogP contribution is -2.42. The third-order valence-corrected chi connectivity index (χ3v) is 5.15. The molecule has 6 heteroatoms. The molecule has 1 aliphatic rings. The first-order valence-corrected chi connectivity index (χ1v) is 8.06. The summed E-state index contributed by atoms with van der Waals surface area (Å²) in [5.74, 6) is 0.579. The molecule has 0 aromatic heterocycles. The molecule has 0 fully saturated rings. The Kier molecular flexibility index (Phi) is 3.25. The standard InChI is InChI=1S/C15H16N2O3S/c1-11-10-17(14-4-2-3-5-15(14)20-11)21(18,19)13-8-6-12(16)7-9-13/h2-9,11H,10,16H2,1H3/t11-/m0/s1. The van der Waals surface area contributed by atoms with Crippen molar-refractivity contribution in [2.45, 2.75) is 17.9 Å². The highest BCUT2D eigenvalue weighted by molar-refractivity contribution is 7.92. The van der Waals surface area contributed by atoms with Crippen molar-refractivity contribution in [2.75, 3.05) is 16.6 Å². The number of sulfonamides is 1. The molecule has 0 amide bonds. The zero-order chi connectivity index (χ0) is 15.0. The molecule has 1 aliphatic heterocycles.